The van der Waals surface area contributed by atoms with Gasteiger partial charge in [-0.2, -0.15) is 14.6 Å². The van der Waals surface area contributed by atoms with Gasteiger partial charge in [0.05, 0.1) is 4.53 Å². The van der Waals surface area contributed by atoms with E-state index in [0.717, 1.165) is 26.9 Å². The molecule has 0 fully saturated rings. The first kappa shape index (κ1) is 18.0. The Morgan fingerprint density at radius 3 is 2.74 bits per heavy atom. The molecule has 0 atom stereocenters. The Labute approximate surface area is 170 Å². The lowest BCUT2D eigenvalue weighted by atomic mass is 10.1. The van der Waals surface area contributed by atoms with Crippen LogP contribution in [0.2, 0.25) is 5.02 Å². The number of benzene rings is 2. The highest BCUT2D eigenvalue weighted by Crippen LogP contribution is 2.17. The van der Waals surface area contributed by atoms with Gasteiger partial charge in [-0.3, -0.25) is 9.59 Å². The first-order valence-electron chi connectivity index (χ1n) is 7.95. The molecule has 4 aromatic rings. The molecule has 2 aromatic heterocycles. The van der Waals surface area contributed by atoms with Crippen LogP contribution < -0.4 is 15.7 Å². The molecule has 5 nitrogen and oxygen atoms in total. The van der Waals surface area contributed by atoms with Crippen LogP contribution in [0.25, 0.3) is 11.0 Å². The maximum absolute atomic E-state index is 12.7. The fourth-order valence-corrected chi connectivity index (χ4v) is 4.15. The number of nitrogens with zero attached hydrogens (tertiary/aromatic N) is 3. The van der Waals surface area contributed by atoms with E-state index in [4.69, 9.17) is 11.6 Å². The zero-order valence-electron chi connectivity index (χ0n) is 13.7. The molecule has 4 rings (SSSR count). The summed E-state index contributed by atoms with van der Waals surface area (Å²) in [6.07, 6.45) is 1.97. The van der Waals surface area contributed by atoms with Crippen molar-refractivity contribution in [2.45, 2.75) is 6.42 Å². The third kappa shape index (κ3) is 3.71. The third-order valence-corrected chi connectivity index (χ3v) is 5.73. The Bertz CT molecular complexity index is 1330. The predicted molar refractivity (Wildman–Crippen MR) is 111 cm³/mol. The highest BCUT2D eigenvalue weighted by molar-refractivity contribution is 9.10. The van der Waals surface area contributed by atoms with E-state index < -0.39 is 5.56 Å². The Morgan fingerprint density at radius 1 is 1.15 bits per heavy atom. The summed E-state index contributed by atoms with van der Waals surface area (Å²) in [5.41, 5.74) is 1.05. The molecule has 0 unspecified atom stereocenters. The molecule has 0 aliphatic rings. The Morgan fingerprint density at radius 2 is 1.96 bits per heavy atom. The lowest BCUT2D eigenvalue weighted by Gasteiger charge is -2.02. The van der Waals surface area contributed by atoms with Crippen molar-refractivity contribution in [1.82, 2.24) is 14.6 Å². The SMILES string of the molecule is O=c1nc2s/c(=C/c3cccc(Br)c3)c(=O)n2nc1Cc1ccccc1Cl. The topological polar surface area (TPSA) is 64.3 Å². The Balaban J connectivity index is 1.83. The number of halogens is 2. The summed E-state index contributed by atoms with van der Waals surface area (Å²) in [5.74, 6) is 0. The number of thiazole rings is 1. The lowest BCUT2D eigenvalue weighted by molar-refractivity contribution is 0.811. The number of aromatic nitrogens is 3. The van der Waals surface area contributed by atoms with Crippen LogP contribution in [0, 0.1) is 0 Å². The molecular formula is C19H11BrClN3O2S. The van der Waals surface area contributed by atoms with E-state index in [2.05, 4.69) is 26.0 Å². The fourth-order valence-electron chi connectivity index (χ4n) is 2.62. The van der Waals surface area contributed by atoms with Gasteiger partial charge in [-0.05, 0) is 35.4 Å². The van der Waals surface area contributed by atoms with Crippen LogP contribution in [-0.4, -0.2) is 14.6 Å². The number of hydrogen-bond donors (Lipinski definition) is 0. The van der Waals surface area contributed by atoms with Crippen molar-refractivity contribution < 1.29 is 0 Å². The smallest absolute Gasteiger partial charge is 0.266 e. The second kappa shape index (κ2) is 7.34. The van der Waals surface area contributed by atoms with E-state index >= 15 is 0 Å². The molecule has 0 amide bonds. The van der Waals surface area contributed by atoms with Gasteiger partial charge in [0.15, 0.2) is 0 Å². The van der Waals surface area contributed by atoms with Crippen molar-refractivity contribution in [3.8, 4) is 0 Å². The van der Waals surface area contributed by atoms with Gasteiger partial charge in [-0.1, -0.05) is 69.2 Å². The predicted octanol–water partition coefficient (Wildman–Crippen LogP) is 3.07. The molecule has 0 saturated carbocycles. The molecular weight excluding hydrogens is 450 g/mol. The second-order valence-corrected chi connectivity index (χ2v) is 8.13. The van der Waals surface area contributed by atoms with Crippen molar-refractivity contribution in [3.05, 3.63) is 100 Å². The highest BCUT2D eigenvalue weighted by atomic mass is 79.9. The average molecular weight is 461 g/mol. The fraction of sp³-hybridized carbons (Fsp3) is 0.0526. The molecule has 0 radical (unpaired) electrons. The van der Waals surface area contributed by atoms with Crippen LogP contribution in [0.15, 0.2) is 62.6 Å². The monoisotopic (exact) mass is 459 g/mol. The molecule has 0 aliphatic heterocycles. The van der Waals surface area contributed by atoms with Gasteiger partial charge in [0.25, 0.3) is 11.1 Å². The molecule has 0 bridgehead atoms. The van der Waals surface area contributed by atoms with Gasteiger partial charge in [-0.15, -0.1) is 0 Å². The zero-order chi connectivity index (χ0) is 19.0. The van der Waals surface area contributed by atoms with Gasteiger partial charge in [-0.25, -0.2) is 0 Å². The largest absolute Gasteiger partial charge is 0.296 e. The summed E-state index contributed by atoms with van der Waals surface area (Å²) in [7, 11) is 0. The van der Waals surface area contributed by atoms with E-state index in [-0.39, 0.29) is 22.6 Å². The summed E-state index contributed by atoms with van der Waals surface area (Å²) in [4.78, 5) is 29.3. The minimum absolute atomic E-state index is 0.185. The van der Waals surface area contributed by atoms with E-state index in [9.17, 15) is 9.59 Å². The van der Waals surface area contributed by atoms with E-state index in [1.807, 2.05) is 42.5 Å². The molecule has 0 saturated heterocycles. The van der Waals surface area contributed by atoms with Crippen LogP contribution in [0.1, 0.15) is 16.8 Å². The summed E-state index contributed by atoms with van der Waals surface area (Å²) < 4.78 is 2.56. The average Bonchev–Trinajstić information content (AvgIpc) is 2.92. The van der Waals surface area contributed by atoms with E-state index in [1.54, 1.807) is 12.1 Å². The quantitative estimate of drug-likeness (QED) is 0.471. The summed E-state index contributed by atoms with van der Waals surface area (Å²) in [6, 6.07) is 14.8. The van der Waals surface area contributed by atoms with Crippen LogP contribution in [0.3, 0.4) is 0 Å². The van der Waals surface area contributed by atoms with Crippen molar-refractivity contribution in [2.75, 3.05) is 0 Å². The number of fused-ring (bicyclic) bond motifs is 1. The molecule has 134 valence electrons. The van der Waals surface area contributed by atoms with Gasteiger partial charge >= 0.3 is 0 Å². The van der Waals surface area contributed by atoms with Gasteiger partial charge in [0, 0.05) is 15.9 Å². The van der Waals surface area contributed by atoms with Crippen molar-refractivity contribution in [2.24, 2.45) is 0 Å². The van der Waals surface area contributed by atoms with Crippen LogP contribution >= 0.6 is 38.9 Å². The van der Waals surface area contributed by atoms with Crippen molar-refractivity contribution in [1.29, 1.82) is 0 Å². The minimum Gasteiger partial charge on any atom is -0.266 e. The molecule has 0 aliphatic carbocycles. The maximum Gasteiger partial charge on any atom is 0.296 e. The second-order valence-electron chi connectivity index (χ2n) is 5.80. The van der Waals surface area contributed by atoms with Gasteiger partial charge in [0.1, 0.15) is 5.69 Å². The standard InChI is InChI=1S/C19H11BrClN3O2S/c20-13-6-3-4-11(8-13)9-16-18(26)24-19(27-16)22-17(25)15(23-24)10-12-5-1-2-7-14(12)21/h1-9H,10H2/b16-9+. The molecule has 27 heavy (non-hydrogen) atoms. The summed E-state index contributed by atoms with van der Waals surface area (Å²) >= 11 is 10.7. The lowest BCUT2D eigenvalue weighted by Crippen LogP contribution is -2.28. The van der Waals surface area contributed by atoms with E-state index in [1.165, 1.54) is 4.52 Å². The molecule has 2 heterocycles. The molecule has 0 spiro atoms. The van der Waals surface area contributed by atoms with Gasteiger partial charge in [0.2, 0.25) is 4.96 Å². The summed E-state index contributed by atoms with van der Waals surface area (Å²) in [5, 5.41) is 4.78. The van der Waals surface area contributed by atoms with Crippen molar-refractivity contribution in [3.63, 3.8) is 0 Å². The molecule has 2 aromatic carbocycles. The first-order chi connectivity index (χ1) is 13.0. The molecule has 0 N–H and O–H groups in total. The number of hydrogen-bond acceptors (Lipinski definition) is 5. The Hall–Kier alpha value is -2.35. The van der Waals surface area contributed by atoms with Crippen LogP contribution in [0.4, 0.5) is 0 Å². The zero-order valence-corrected chi connectivity index (χ0v) is 16.9. The van der Waals surface area contributed by atoms with Crippen LogP contribution in [0.5, 0.6) is 0 Å². The van der Waals surface area contributed by atoms with Gasteiger partial charge < -0.3 is 0 Å². The first-order valence-corrected chi connectivity index (χ1v) is 9.93. The third-order valence-electron chi connectivity index (χ3n) is 3.91. The van der Waals surface area contributed by atoms with E-state index in [0.29, 0.717) is 9.55 Å². The van der Waals surface area contributed by atoms with Crippen LogP contribution in [-0.2, 0) is 6.42 Å². The summed E-state index contributed by atoms with van der Waals surface area (Å²) in [6.45, 7) is 0. The minimum atomic E-state index is -0.454. The van der Waals surface area contributed by atoms with Crippen molar-refractivity contribution >= 4 is 49.9 Å². The highest BCUT2D eigenvalue weighted by Gasteiger charge is 2.12. The maximum atomic E-state index is 12.7. The molecule has 8 heteroatoms. The normalized spacial score (nSPS) is 12.0. The Kier molecular flexibility index (Phi) is 4.90. The number of rotatable bonds is 3.